The van der Waals surface area contributed by atoms with Crippen molar-refractivity contribution in [2.24, 2.45) is 0 Å². The Kier molecular flexibility index (Phi) is 9.34. The predicted molar refractivity (Wildman–Crippen MR) is 123 cm³/mol. The van der Waals surface area contributed by atoms with Crippen LogP contribution in [0.4, 0.5) is 0 Å². The molecule has 0 unspecified atom stereocenters. The third-order valence-electron chi connectivity index (χ3n) is 4.75. The number of hydrogen-bond donors (Lipinski definition) is 0. The molecule has 0 fully saturated rings. The molecule has 0 N–H and O–H groups in total. The number of rotatable bonds is 13. The first kappa shape index (κ1) is 24.9. The molecule has 0 aliphatic rings. The van der Waals surface area contributed by atoms with Gasteiger partial charge in [0.1, 0.15) is 5.75 Å². The van der Waals surface area contributed by atoms with Gasteiger partial charge in [-0.1, -0.05) is 0 Å². The van der Waals surface area contributed by atoms with E-state index in [-0.39, 0.29) is 0 Å². The van der Waals surface area contributed by atoms with Crippen molar-refractivity contribution < 1.29 is 18.3 Å². The Hall–Kier alpha value is -1.41. The summed E-state index contributed by atoms with van der Waals surface area (Å²) in [6, 6.07) is 5.84. The van der Waals surface area contributed by atoms with Gasteiger partial charge in [0.15, 0.2) is 0 Å². The molecule has 0 saturated heterocycles. The molecule has 170 valence electrons. The van der Waals surface area contributed by atoms with Crippen molar-refractivity contribution in [1.82, 2.24) is 19.0 Å². The molecule has 30 heavy (non-hydrogen) atoms. The van der Waals surface area contributed by atoms with Crippen molar-refractivity contribution in [2.45, 2.75) is 6.42 Å². The largest absolute Gasteiger partial charge is 0.497 e. The van der Waals surface area contributed by atoms with Gasteiger partial charge in [0.05, 0.1) is 25.8 Å². The topological polar surface area (TPSA) is 59.4 Å². The first-order valence-corrected chi connectivity index (χ1v) is 11.7. The highest BCUT2D eigenvalue weighted by Crippen LogP contribution is 2.52. The zero-order valence-corrected chi connectivity index (χ0v) is 20.3. The van der Waals surface area contributed by atoms with Crippen LogP contribution >= 0.6 is 7.75 Å². The van der Waals surface area contributed by atoms with Gasteiger partial charge in [-0.15, -0.1) is 0 Å². The van der Waals surface area contributed by atoms with E-state index in [1.807, 2.05) is 76.5 Å². The van der Waals surface area contributed by atoms with Gasteiger partial charge in [0, 0.05) is 37.3 Å². The van der Waals surface area contributed by atoms with Crippen LogP contribution < -0.4 is 4.74 Å². The van der Waals surface area contributed by atoms with Gasteiger partial charge in [-0.25, -0.2) is 4.57 Å². The summed E-state index contributed by atoms with van der Waals surface area (Å²) in [5.41, 5.74) is 1.90. The molecule has 0 amide bonds. The van der Waals surface area contributed by atoms with Crippen molar-refractivity contribution >= 4 is 18.6 Å². The Balaban J connectivity index is 2.47. The van der Waals surface area contributed by atoms with Gasteiger partial charge >= 0.3 is 7.75 Å². The number of methoxy groups -OCH3 is 1. The lowest BCUT2D eigenvalue weighted by molar-refractivity contribution is 0.173. The Labute approximate surface area is 180 Å². The Morgan fingerprint density at radius 3 is 1.97 bits per heavy atom. The molecule has 2 aromatic rings. The molecule has 0 radical (unpaired) electrons. The van der Waals surface area contributed by atoms with Gasteiger partial charge < -0.3 is 19.4 Å². The number of likely N-dealkylation sites (N-methyl/N-ethyl adjacent to an activating group) is 3. The fourth-order valence-electron chi connectivity index (χ4n) is 2.97. The van der Waals surface area contributed by atoms with E-state index in [0.29, 0.717) is 32.1 Å². The van der Waals surface area contributed by atoms with E-state index >= 15 is 0 Å². The third-order valence-corrected chi connectivity index (χ3v) is 6.63. The highest BCUT2D eigenvalue weighted by Gasteiger charge is 2.30. The zero-order valence-electron chi connectivity index (χ0n) is 19.4. The van der Waals surface area contributed by atoms with E-state index in [9.17, 15) is 4.57 Å². The minimum atomic E-state index is -3.59. The maximum absolute atomic E-state index is 14.0. The summed E-state index contributed by atoms with van der Waals surface area (Å²) in [5.74, 6) is 0.703. The van der Waals surface area contributed by atoms with Crippen molar-refractivity contribution in [1.29, 1.82) is 0 Å². The number of ether oxygens (including phenoxy) is 1. The average Bonchev–Trinajstić information content (AvgIpc) is 3.04. The normalized spacial score (nSPS) is 12.6. The molecular formula is C21H37N4O4P. The van der Waals surface area contributed by atoms with E-state index < -0.39 is 7.75 Å². The summed E-state index contributed by atoms with van der Waals surface area (Å²) in [6.45, 7) is 2.80. The Morgan fingerprint density at radius 2 is 1.47 bits per heavy atom. The lowest BCUT2D eigenvalue weighted by atomic mass is 10.1. The van der Waals surface area contributed by atoms with Crippen molar-refractivity contribution in [3.8, 4) is 5.75 Å². The molecule has 9 heteroatoms. The summed E-state index contributed by atoms with van der Waals surface area (Å²) >= 11 is 0. The second-order valence-electron chi connectivity index (χ2n) is 8.18. The van der Waals surface area contributed by atoms with Crippen LogP contribution in [0.1, 0.15) is 5.56 Å². The molecule has 1 aromatic carbocycles. The minimum Gasteiger partial charge on any atom is -0.497 e. The molecule has 2 rings (SSSR count). The maximum atomic E-state index is 14.0. The summed E-state index contributed by atoms with van der Waals surface area (Å²) < 4.78 is 32.9. The number of hydrogen-bond acceptors (Lipinski definition) is 7. The third kappa shape index (κ3) is 6.80. The van der Waals surface area contributed by atoms with Gasteiger partial charge in [-0.05, 0) is 66.4 Å². The van der Waals surface area contributed by atoms with Crippen LogP contribution in [-0.2, 0) is 20.0 Å². The molecule has 1 aromatic heterocycles. The fourth-order valence-corrected chi connectivity index (χ4v) is 4.63. The highest BCUT2D eigenvalue weighted by molar-refractivity contribution is 7.52. The molecule has 1 heterocycles. The lowest BCUT2D eigenvalue weighted by Gasteiger charge is -2.22. The van der Waals surface area contributed by atoms with E-state index in [4.69, 9.17) is 13.8 Å². The van der Waals surface area contributed by atoms with E-state index in [0.717, 1.165) is 29.4 Å². The number of nitrogens with zero attached hydrogens (tertiary/aromatic N) is 4. The quantitative estimate of drug-likeness (QED) is 0.444. The van der Waals surface area contributed by atoms with Crippen LogP contribution in [0.3, 0.4) is 0 Å². The van der Waals surface area contributed by atoms with Gasteiger partial charge in [0.2, 0.25) is 0 Å². The first-order chi connectivity index (χ1) is 14.2. The number of aromatic nitrogens is 1. The zero-order chi connectivity index (χ0) is 22.3. The van der Waals surface area contributed by atoms with E-state index in [2.05, 4.69) is 4.90 Å². The summed E-state index contributed by atoms with van der Waals surface area (Å²) in [6.07, 6.45) is 2.75. The number of fused-ring (bicyclic) bond motifs is 1. The monoisotopic (exact) mass is 440 g/mol. The summed E-state index contributed by atoms with van der Waals surface area (Å²) in [4.78, 5) is 6.11. The minimum absolute atomic E-state index is 0.308. The smallest absolute Gasteiger partial charge is 0.439 e. The summed E-state index contributed by atoms with van der Waals surface area (Å²) in [7, 11) is 9.94. The molecule has 0 bridgehead atoms. The van der Waals surface area contributed by atoms with Crippen molar-refractivity contribution in [2.75, 3.05) is 82.2 Å². The van der Waals surface area contributed by atoms with Crippen LogP contribution in [0.5, 0.6) is 5.75 Å². The summed E-state index contributed by atoms with van der Waals surface area (Å²) in [5, 5.41) is 1.03. The van der Waals surface area contributed by atoms with Crippen LogP contribution in [0.15, 0.2) is 24.4 Å². The first-order valence-electron chi connectivity index (χ1n) is 10.2. The van der Waals surface area contributed by atoms with Crippen LogP contribution in [0.25, 0.3) is 10.9 Å². The molecule has 8 nitrogen and oxygen atoms in total. The molecule has 0 saturated carbocycles. The second-order valence-corrected chi connectivity index (χ2v) is 10.1. The molecular weight excluding hydrogens is 403 g/mol. The Morgan fingerprint density at radius 1 is 0.900 bits per heavy atom. The lowest BCUT2D eigenvalue weighted by Crippen LogP contribution is -2.21. The van der Waals surface area contributed by atoms with Crippen LogP contribution in [0, 0.1) is 0 Å². The van der Waals surface area contributed by atoms with Gasteiger partial charge in [0.25, 0.3) is 0 Å². The van der Waals surface area contributed by atoms with E-state index in [1.54, 1.807) is 11.4 Å². The second kappa shape index (κ2) is 11.3. The van der Waals surface area contributed by atoms with Crippen LogP contribution in [-0.4, -0.2) is 101 Å². The highest BCUT2D eigenvalue weighted by atomic mass is 31.2. The Bertz CT molecular complexity index is 833. The molecule has 0 aliphatic heterocycles. The fraction of sp³-hybridized carbons (Fsp3) is 0.619. The number of benzene rings is 1. The van der Waals surface area contributed by atoms with Crippen molar-refractivity contribution in [3.05, 3.63) is 30.0 Å². The van der Waals surface area contributed by atoms with Gasteiger partial charge in [-0.2, -0.15) is 0 Å². The van der Waals surface area contributed by atoms with Gasteiger partial charge in [-0.3, -0.25) is 13.4 Å². The SMILES string of the molecule is COc1ccc2c(CCN(C)C)cn(P(=O)(OCCN(C)C)OCCN(C)C)c2c1. The predicted octanol–water partition coefficient (Wildman–Crippen LogP) is 2.87. The maximum Gasteiger partial charge on any atom is 0.439 e. The molecule has 0 aliphatic carbocycles. The van der Waals surface area contributed by atoms with E-state index in [1.165, 1.54) is 0 Å². The van der Waals surface area contributed by atoms with Crippen molar-refractivity contribution in [3.63, 3.8) is 0 Å². The molecule has 0 atom stereocenters. The van der Waals surface area contributed by atoms with Crippen LogP contribution in [0.2, 0.25) is 0 Å². The molecule has 0 spiro atoms. The average molecular weight is 441 g/mol. The standard InChI is InChI=1S/C21H37N4O4P/c1-22(2)11-10-18-17-25(21-16-19(27-7)8-9-20(18)21)30(26,28-14-12-23(3)4)29-15-13-24(5)6/h8-9,16-17H,10-15H2,1-7H3.